The summed E-state index contributed by atoms with van der Waals surface area (Å²) in [6.45, 7) is 7.07. The van der Waals surface area contributed by atoms with E-state index < -0.39 is 5.60 Å². The van der Waals surface area contributed by atoms with Crippen LogP contribution in [0.1, 0.15) is 19.5 Å². The van der Waals surface area contributed by atoms with Crippen molar-refractivity contribution >= 4 is 5.95 Å². The molecule has 0 aliphatic carbocycles. The van der Waals surface area contributed by atoms with Crippen LogP contribution in [0.4, 0.5) is 5.95 Å². The highest BCUT2D eigenvalue weighted by Crippen LogP contribution is 2.13. The number of aliphatic hydroxyl groups is 1. The second-order valence-electron chi connectivity index (χ2n) is 5.19. The van der Waals surface area contributed by atoms with Crippen LogP contribution < -0.4 is 10.1 Å². The summed E-state index contributed by atoms with van der Waals surface area (Å²) >= 11 is 0. The Labute approximate surface area is 114 Å². The van der Waals surface area contributed by atoms with Crippen LogP contribution in [0.5, 0.6) is 5.88 Å². The summed E-state index contributed by atoms with van der Waals surface area (Å²) in [5, 5.41) is 13.2. The van der Waals surface area contributed by atoms with Gasteiger partial charge in [0.2, 0.25) is 11.8 Å². The Morgan fingerprint density at radius 2 is 2.11 bits per heavy atom. The highest BCUT2D eigenvalue weighted by Gasteiger charge is 2.21. The maximum atomic E-state index is 10.2. The van der Waals surface area contributed by atoms with Crippen molar-refractivity contribution < 1.29 is 9.84 Å². The molecule has 0 amide bonds. The van der Waals surface area contributed by atoms with E-state index in [0.717, 1.165) is 5.69 Å². The van der Waals surface area contributed by atoms with Gasteiger partial charge in [0, 0.05) is 24.8 Å². The molecule has 2 N–H and O–H groups in total. The van der Waals surface area contributed by atoms with Crippen LogP contribution in [0.3, 0.4) is 0 Å². The molecule has 0 aliphatic rings. The highest BCUT2D eigenvalue weighted by molar-refractivity contribution is 5.31. The van der Waals surface area contributed by atoms with Crippen molar-refractivity contribution in [3.8, 4) is 5.88 Å². The first kappa shape index (κ1) is 15.7. The SMILES string of the molecule is CCOc1cc(C)nc(NCC(C)(O)CN(C)C)n1. The van der Waals surface area contributed by atoms with Gasteiger partial charge >= 0.3 is 0 Å². The second-order valence-corrected chi connectivity index (χ2v) is 5.19. The Morgan fingerprint density at radius 1 is 1.42 bits per heavy atom. The first-order valence-electron chi connectivity index (χ1n) is 6.42. The molecular formula is C13H24N4O2. The molecule has 0 aromatic carbocycles. The van der Waals surface area contributed by atoms with Gasteiger partial charge in [0.1, 0.15) is 0 Å². The lowest BCUT2D eigenvalue weighted by molar-refractivity contribution is 0.0458. The summed E-state index contributed by atoms with van der Waals surface area (Å²) in [5.41, 5.74) is -0.0178. The van der Waals surface area contributed by atoms with E-state index in [4.69, 9.17) is 4.74 Å². The summed E-state index contributed by atoms with van der Waals surface area (Å²) in [6.07, 6.45) is 0. The number of hydrogen-bond donors (Lipinski definition) is 2. The number of anilines is 1. The Balaban J connectivity index is 2.66. The zero-order valence-corrected chi connectivity index (χ0v) is 12.4. The predicted molar refractivity (Wildman–Crippen MR) is 75.6 cm³/mol. The van der Waals surface area contributed by atoms with Crippen molar-refractivity contribution in [1.82, 2.24) is 14.9 Å². The fourth-order valence-electron chi connectivity index (χ4n) is 1.85. The summed E-state index contributed by atoms with van der Waals surface area (Å²) in [4.78, 5) is 10.4. The van der Waals surface area contributed by atoms with Gasteiger partial charge in [0.15, 0.2) is 0 Å². The fourth-order valence-corrected chi connectivity index (χ4v) is 1.85. The molecule has 0 saturated heterocycles. The van der Waals surface area contributed by atoms with Crippen LogP contribution in [-0.4, -0.2) is 59.4 Å². The number of nitrogens with one attached hydrogen (secondary N) is 1. The van der Waals surface area contributed by atoms with Crippen molar-refractivity contribution in [1.29, 1.82) is 0 Å². The number of rotatable bonds is 7. The third-order valence-electron chi connectivity index (χ3n) is 2.41. The minimum absolute atomic E-state index is 0.375. The van der Waals surface area contributed by atoms with Gasteiger partial charge in [-0.2, -0.15) is 4.98 Å². The van der Waals surface area contributed by atoms with Crippen LogP contribution in [0.25, 0.3) is 0 Å². The van der Waals surface area contributed by atoms with Gasteiger partial charge in [0.25, 0.3) is 0 Å². The molecule has 0 bridgehead atoms. The van der Waals surface area contributed by atoms with E-state index in [0.29, 0.717) is 31.5 Å². The maximum absolute atomic E-state index is 10.2. The maximum Gasteiger partial charge on any atom is 0.226 e. The average molecular weight is 268 g/mol. The minimum Gasteiger partial charge on any atom is -0.478 e. The minimum atomic E-state index is -0.845. The Kier molecular flexibility index (Phi) is 5.50. The van der Waals surface area contributed by atoms with Crippen LogP contribution in [0.2, 0.25) is 0 Å². The number of aromatic nitrogens is 2. The normalized spacial score (nSPS) is 14.3. The number of aryl methyl sites for hydroxylation is 1. The number of ether oxygens (including phenoxy) is 1. The lowest BCUT2D eigenvalue weighted by atomic mass is 10.1. The zero-order valence-electron chi connectivity index (χ0n) is 12.4. The average Bonchev–Trinajstić information content (AvgIpc) is 2.24. The molecule has 1 unspecified atom stereocenters. The van der Waals surface area contributed by atoms with Crippen LogP contribution in [0.15, 0.2) is 6.07 Å². The molecule has 1 rings (SSSR count). The van der Waals surface area contributed by atoms with Crippen molar-refractivity contribution in [2.45, 2.75) is 26.4 Å². The van der Waals surface area contributed by atoms with Crippen molar-refractivity contribution in [2.24, 2.45) is 0 Å². The standard InChI is InChI=1S/C13H24N4O2/c1-6-19-11-7-10(2)15-12(16-11)14-8-13(3,18)9-17(4)5/h7,18H,6,8-9H2,1-5H3,(H,14,15,16). The molecule has 1 aromatic heterocycles. The predicted octanol–water partition coefficient (Wildman–Crippen LogP) is 0.908. The van der Waals surface area contributed by atoms with Crippen molar-refractivity contribution in [3.05, 3.63) is 11.8 Å². The smallest absolute Gasteiger partial charge is 0.226 e. The lowest BCUT2D eigenvalue weighted by Crippen LogP contribution is -2.43. The highest BCUT2D eigenvalue weighted by atomic mass is 16.5. The molecule has 1 heterocycles. The number of hydrogen-bond acceptors (Lipinski definition) is 6. The van der Waals surface area contributed by atoms with Crippen LogP contribution >= 0.6 is 0 Å². The number of likely N-dealkylation sites (N-methyl/N-ethyl adjacent to an activating group) is 1. The summed E-state index contributed by atoms with van der Waals surface area (Å²) in [7, 11) is 3.84. The van der Waals surface area contributed by atoms with E-state index in [1.807, 2.05) is 32.8 Å². The summed E-state index contributed by atoms with van der Waals surface area (Å²) < 4.78 is 5.36. The molecule has 19 heavy (non-hydrogen) atoms. The molecule has 0 spiro atoms. The first-order valence-corrected chi connectivity index (χ1v) is 6.42. The fraction of sp³-hybridized carbons (Fsp3) is 0.692. The van der Waals surface area contributed by atoms with Crippen molar-refractivity contribution in [3.63, 3.8) is 0 Å². The van der Waals surface area contributed by atoms with Crippen molar-refractivity contribution in [2.75, 3.05) is 39.1 Å². The van der Waals surface area contributed by atoms with Crippen LogP contribution in [-0.2, 0) is 0 Å². The third kappa shape index (κ3) is 5.85. The monoisotopic (exact) mass is 268 g/mol. The molecule has 6 nitrogen and oxygen atoms in total. The molecule has 0 fully saturated rings. The lowest BCUT2D eigenvalue weighted by Gasteiger charge is -2.27. The zero-order chi connectivity index (χ0) is 14.5. The largest absolute Gasteiger partial charge is 0.478 e. The summed E-state index contributed by atoms with van der Waals surface area (Å²) in [5.74, 6) is 1.02. The Bertz CT molecular complexity index is 408. The molecular weight excluding hydrogens is 244 g/mol. The van der Waals surface area contributed by atoms with E-state index >= 15 is 0 Å². The van der Waals surface area contributed by atoms with Gasteiger partial charge < -0.3 is 20.1 Å². The van der Waals surface area contributed by atoms with E-state index in [2.05, 4.69) is 15.3 Å². The van der Waals surface area contributed by atoms with E-state index in [-0.39, 0.29) is 0 Å². The van der Waals surface area contributed by atoms with E-state index in [9.17, 15) is 5.11 Å². The molecule has 0 saturated carbocycles. The molecule has 0 radical (unpaired) electrons. The number of nitrogens with zero attached hydrogens (tertiary/aromatic N) is 3. The van der Waals surface area contributed by atoms with E-state index in [1.165, 1.54) is 0 Å². The Hall–Kier alpha value is -1.40. The topological polar surface area (TPSA) is 70.5 Å². The Morgan fingerprint density at radius 3 is 2.68 bits per heavy atom. The van der Waals surface area contributed by atoms with Gasteiger partial charge in [-0.25, -0.2) is 4.98 Å². The van der Waals surface area contributed by atoms with Gasteiger partial charge in [-0.1, -0.05) is 0 Å². The second kappa shape index (κ2) is 6.68. The van der Waals surface area contributed by atoms with Gasteiger partial charge in [-0.3, -0.25) is 0 Å². The molecule has 108 valence electrons. The molecule has 0 aliphatic heterocycles. The first-order chi connectivity index (χ1) is 8.82. The quantitative estimate of drug-likeness (QED) is 0.766. The third-order valence-corrected chi connectivity index (χ3v) is 2.41. The molecule has 6 heteroatoms. The summed E-state index contributed by atoms with van der Waals surface area (Å²) in [6, 6.07) is 1.78. The molecule has 1 atom stereocenters. The van der Waals surface area contributed by atoms with Gasteiger partial charge in [0.05, 0.1) is 12.2 Å². The van der Waals surface area contributed by atoms with Crippen LogP contribution in [0, 0.1) is 6.92 Å². The van der Waals surface area contributed by atoms with E-state index in [1.54, 1.807) is 13.0 Å². The van der Waals surface area contributed by atoms with Gasteiger partial charge in [-0.15, -0.1) is 0 Å². The molecule has 1 aromatic rings. The van der Waals surface area contributed by atoms with Gasteiger partial charge in [-0.05, 0) is 34.9 Å².